The molecule has 0 radical (unpaired) electrons. The zero-order chi connectivity index (χ0) is 34.4. The summed E-state index contributed by atoms with van der Waals surface area (Å²) in [6.45, 7) is 4.67. The van der Waals surface area contributed by atoms with Crippen molar-refractivity contribution in [2.45, 2.75) is 19.3 Å². The van der Waals surface area contributed by atoms with Crippen LogP contribution in [-0.4, -0.2) is 9.97 Å². The van der Waals surface area contributed by atoms with E-state index in [1.54, 1.807) is 0 Å². The van der Waals surface area contributed by atoms with Crippen molar-refractivity contribution in [1.82, 2.24) is 9.97 Å². The molecule has 1 aliphatic rings. The van der Waals surface area contributed by atoms with Crippen LogP contribution in [0.2, 0.25) is 0 Å². The fourth-order valence-corrected chi connectivity index (χ4v) is 7.52. The van der Waals surface area contributed by atoms with E-state index < -0.39 is 0 Å². The van der Waals surface area contributed by atoms with Crippen LogP contribution >= 0.6 is 0 Å². The number of nitrogens with zero attached hydrogens (tertiary/aromatic N) is 2. The maximum Gasteiger partial charge on any atom is 0.160 e. The van der Waals surface area contributed by atoms with E-state index in [-0.39, 0.29) is 5.41 Å². The molecule has 0 bridgehead atoms. The van der Waals surface area contributed by atoms with E-state index in [0.717, 1.165) is 33.6 Å². The molecule has 1 aromatic heterocycles. The Morgan fingerprint density at radius 1 is 0.314 bits per heavy atom. The first-order valence-corrected chi connectivity index (χ1v) is 17.6. The molecule has 2 heteroatoms. The Kier molecular flexibility index (Phi) is 7.51. The Labute approximate surface area is 299 Å². The monoisotopic (exact) mass is 652 g/mol. The molecule has 1 heterocycles. The van der Waals surface area contributed by atoms with Crippen LogP contribution in [0.15, 0.2) is 182 Å². The Hall–Kier alpha value is -6.38. The van der Waals surface area contributed by atoms with Crippen LogP contribution in [0.3, 0.4) is 0 Å². The lowest BCUT2D eigenvalue weighted by Crippen LogP contribution is -2.14. The Balaban J connectivity index is 1.05. The van der Waals surface area contributed by atoms with Gasteiger partial charge in [0.2, 0.25) is 0 Å². The molecule has 8 aromatic rings. The van der Waals surface area contributed by atoms with E-state index in [4.69, 9.17) is 9.97 Å². The molecule has 1 aliphatic carbocycles. The Morgan fingerprint density at radius 2 is 0.765 bits per heavy atom. The predicted molar refractivity (Wildman–Crippen MR) is 212 cm³/mol. The van der Waals surface area contributed by atoms with Crippen molar-refractivity contribution in [1.29, 1.82) is 0 Å². The van der Waals surface area contributed by atoms with Gasteiger partial charge >= 0.3 is 0 Å². The summed E-state index contributed by atoms with van der Waals surface area (Å²) in [7, 11) is 0. The molecule has 0 spiro atoms. The van der Waals surface area contributed by atoms with Crippen molar-refractivity contribution in [2.24, 2.45) is 0 Å². The van der Waals surface area contributed by atoms with Gasteiger partial charge in [0.05, 0.1) is 11.4 Å². The molecule has 51 heavy (non-hydrogen) atoms. The topological polar surface area (TPSA) is 25.8 Å². The lowest BCUT2D eigenvalue weighted by molar-refractivity contribution is 0.660. The first kappa shape index (κ1) is 30.7. The van der Waals surface area contributed by atoms with E-state index >= 15 is 0 Å². The third-order valence-electron chi connectivity index (χ3n) is 10.3. The number of benzene rings is 7. The van der Waals surface area contributed by atoms with Gasteiger partial charge in [-0.1, -0.05) is 178 Å². The molecule has 9 rings (SSSR count). The van der Waals surface area contributed by atoms with Gasteiger partial charge < -0.3 is 0 Å². The molecule has 0 unspecified atom stereocenters. The molecular weight excluding hydrogens is 617 g/mol. The van der Waals surface area contributed by atoms with Crippen LogP contribution < -0.4 is 0 Å². The van der Waals surface area contributed by atoms with Crippen molar-refractivity contribution < 1.29 is 0 Å². The average Bonchev–Trinajstić information content (AvgIpc) is 3.44. The number of fused-ring (bicyclic) bond motifs is 3. The highest BCUT2D eigenvalue weighted by Gasteiger charge is 2.35. The van der Waals surface area contributed by atoms with Crippen molar-refractivity contribution in [3.8, 4) is 78.4 Å². The van der Waals surface area contributed by atoms with Gasteiger partial charge in [0.1, 0.15) is 0 Å². The summed E-state index contributed by atoms with van der Waals surface area (Å²) in [4.78, 5) is 10.1. The minimum Gasteiger partial charge on any atom is -0.228 e. The molecule has 0 aliphatic heterocycles. The summed E-state index contributed by atoms with van der Waals surface area (Å²) in [6.07, 6.45) is 0. The second-order valence-corrected chi connectivity index (χ2v) is 13.9. The van der Waals surface area contributed by atoms with Crippen molar-refractivity contribution in [3.05, 3.63) is 193 Å². The molecule has 2 nitrogen and oxygen atoms in total. The smallest absolute Gasteiger partial charge is 0.160 e. The van der Waals surface area contributed by atoms with Crippen molar-refractivity contribution in [3.63, 3.8) is 0 Å². The molecular formula is C49H36N2. The molecule has 0 N–H and O–H groups in total. The van der Waals surface area contributed by atoms with Crippen LogP contribution in [-0.2, 0) is 5.41 Å². The number of hydrogen-bond acceptors (Lipinski definition) is 2. The quantitative estimate of drug-likeness (QED) is 0.179. The predicted octanol–water partition coefficient (Wildman–Crippen LogP) is 12.8. The van der Waals surface area contributed by atoms with E-state index in [1.807, 2.05) is 24.3 Å². The summed E-state index contributed by atoms with van der Waals surface area (Å²) in [6, 6.07) is 64.8. The molecule has 0 fully saturated rings. The fraction of sp³-hybridized carbons (Fsp3) is 0.0612. The van der Waals surface area contributed by atoms with Gasteiger partial charge in [-0.05, 0) is 73.8 Å². The van der Waals surface area contributed by atoms with Gasteiger partial charge in [0.25, 0.3) is 0 Å². The highest BCUT2D eigenvalue weighted by atomic mass is 14.9. The van der Waals surface area contributed by atoms with Crippen molar-refractivity contribution >= 4 is 0 Å². The fourth-order valence-electron chi connectivity index (χ4n) is 7.52. The molecule has 242 valence electrons. The lowest BCUT2D eigenvalue weighted by Gasteiger charge is -2.22. The Morgan fingerprint density at radius 3 is 1.45 bits per heavy atom. The van der Waals surface area contributed by atoms with Crippen LogP contribution in [0.5, 0.6) is 0 Å². The van der Waals surface area contributed by atoms with Crippen LogP contribution in [0.4, 0.5) is 0 Å². The second-order valence-electron chi connectivity index (χ2n) is 13.9. The zero-order valence-corrected chi connectivity index (χ0v) is 28.7. The summed E-state index contributed by atoms with van der Waals surface area (Å²) < 4.78 is 0. The van der Waals surface area contributed by atoms with E-state index in [9.17, 15) is 0 Å². The van der Waals surface area contributed by atoms with Gasteiger partial charge in [-0.15, -0.1) is 0 Å². The maximum absolute atomic E-state index is 5.10. The number of hydrogen-bond donors (Lipinski definition) is 0. The van der Waals surface area contributed by atoms with E-state index in [1.165, 1.54) is 50.1 Å². The van der Waals surface area contributed by atoms with Crippen LogP contribution in [0, 0.1) is 0 Å². The minimum absolute atomic E-state index is 0.0187. The average molecular weight is 653 g/mol. The third-order valence-corrected chi connectivity index (χ3v) is 10.3. The maximum atomic E-state index is 5.10. The van der Waals surface area contributed by atoms with Gasteiger partial charge in [-0.25, -0.2) is 9.97 Å². The van der Waals surface area contributed by atoms with Crippen LogP contribution in [0.1, 0.15) is 25.0 Å². The van der Waals surface area contributed by atoms with Gasteiger partial charge in [0.15, 0.2) is 5.82 Å². The highest BCUT2D eigenvalue weighted by molar-refractivity contribution is 5.84. The molecule has 7 aromatic carbocycles. The first-order valence-electron chi connectivity index (χ1n) is 17.6. The van der Waals surface area contributed by atoms with Gasteiger partial charge in [0, 0.05) is 22.1 Å². The van der Waals surface area contributed by atoms with Crippen LogP contribution in [0.25, 0.3) is 78.4 Å². The number of aromatic nitrogens is 2. The first-order chi connectivity index (χ1) is 25.0. The second kappa shape index (κ2) is 12.5. The van der Waals surface area contributed by atoms with Gasteiger partial charge in [-0.2, -0.15) is 0 Å². The largest absolute Gasteiger partial charge is 0.228 e. The normalized spacial score (nSPS) is 12.7. The van der Waals surface area contributed by atoms with E-state index in [2.05, 4.69) is 172 Å². The molecule has 0 amide bonds. The highest BCUT2D eigenvalue weighted by Crippen LogP contribution is 2.49. The minimum atomic E-state index is -0.0187. The number of rotatable bonds is 6. The molecule has 0 saturated carbocycles. The van der Waals surface area contributed by atoms with Gasteiger partial charge in [-0.3, -0.25) is 0 Å². The molecule has 0 atom stereocenters. The molecule has 0 saturated heterocycles. The summed E-state index contributed by atoms with van der Waals surface area (Å²) >= 11 is 0. The standard InChI is InChI=1S/C49H36N2/c1-49(2)44-19-10-9-18-42(44)43-29-28-40(31-45(43)49)36-22-20-35(21-23-36)39-16-11-17-41(30-39)47-32-46(50-48(51-47)38-14-7-4-8-15-38)37-26-24-34(25-27-37)33-12-5-3-6-13-33/h3-32H,1-2H3. The SMILES string of the molecule is CC1(C)c2ccccc2-c2ccc(-c3ccc(-c4cccc(-c5cc(-c6ccc(-c7ccccc7)cc6)nc(-c6ccccc6)n5)c4)cc3)cc21. The lowest BCUT2D eigenvalue weighted by atomic mass is 9.81. The zero-order valence-electron chi connectivity index (χ0n) is 28.7. The summed E-state index contributed by atoms with van der Waals surface area (Å²) in [5.41, 5.74) is 17.5. The van der Waals surface area contributed by atoms with Crippen molar-refractivity contribution in [2.75, 3.05) is 0 Å². The Bertz CT molecular complexity index is 2510. The summed E-state index contributed by atoms with van der Waals surface area (Å²) in [5, 5.41) is 0. The third kappa shape index (κ3) is 5.65. The summed E-state index contributed by atoms with van der Waals surface area (Å²) in [5.74, 6) is 0.714. The van der Waals surface area contributed by atoms with E-state index in [0.29, 0.717) is 5.82 Å².